The number of ether oxygens (including phenoxy) is 1. The summed E-state index contributed by atoms with van der Waals surface area (Å²) >= 11 is 0. The highest BCUT2D eigenvalue weighted by atomic mass is 35.5. The molecule has 1 atom stereocenters. The van der Waals surface area contributed by atoms with E-state index in [9.17, 15) is 0 Å². The van der Waals surface area contributed by atoms with Crippen molar-refractivity contribution in [2.45, 2.75) is 12.5 Å². The highest BCUT2D eigenvalue weighted by molar-refractivity contribution is 5.85. The Bertz CT molecular complexity index is 108. The molecule has 1 aliphatic heterocycles. The SMILES string of the molecule is CN(C)CCOC1CCNC1.Cl.Cl. The molecule has 0 amide bonds. The van der Waals surface area contributed by atoms with Gasteiger partial charge in [-0.3, -0.25) is 0 Å². The summed E-state index contributed by atoms with van der Waals surface area (Å²) in [7, 11) is 4.13. The minimum atomic E-state index is 0. The summed E-state index contributed by atoms with van der Waals surface area (Å²) in [4.78, 5) is 2.14. The molecule has 0 radical (unpaired) electrons. The maximum Gasteiger partial charge on any atom is 0.0712 e. The Hall–Kier alpha value is 0.460. The topological polar surface area (TPSA) is 24.5 Å². The monoisotopic (exact) mass is 230 g/mol. The molecule has 82 valence electrons. The van der Waals surface area contributed by atoms with E-state index in [0.717, 1.165) is 26.2 Å². The molecule has 0 saturated carbocycles. The summed E-state index contributed by atoms with van der Waals surface area (Å²) in [6.45, 7) is 4.04. The first-order chi connectivity index (χ1) is 5.29. The van der Waals surface area contributed by atoms with Gasteiger partial charge in [0.15, 0.2) is 0 Å². The van der Waals surface area contributed by atoms with Crippen LogP contribution >= 0.6 is 24.8 Å². The van der Waals surface area contributed by atoms with E-state index in [1.165, 1.54) is 6.42 Å². The zero-order valence-electron chi connectivity index (χ0n) is 8.28. The molecular formula is C8H20Cl2N2O. The van der Waals surface area contributed by atoms with E-state index in [4.69, 9.17) is 4.74 Å². The average molecular weight is 231 g/mol. The van der Waals surface area contributed by atoms with E-state index in [-0.39, 0.29) is 24.8 Å². The molecule has 0 aliphatic carbocycles. The second-order valence-corrected chi connectivity index (χ2v) is 3.29. The molecule has 3 nitrogen and oxygen atoms in total. The van der Waals surface area contributed by atoms with Crippen molar-refractivity contribution in [3.8, 4) is 0 Å². The normalized spacial score (nSPS) is 21.0. The van der Waals surface area contributed by atoms with Crippen LogP contribution in [0.1, 0.15) is 6.42 Å². The largest absolute Gasteiger partial charge is 0.376 e. The lowest BCUT2D eigenvalue weighted by Gasteiger charge is -2.13. The fraction of sp³-hybridized carbons (Fsp3) is 1.00. The third-order valence-corrected chi connectivity index (χ3v) is 1.91. The quantitative estimate of drug-likeness (QED) is 0.773. The van der Waals surface area contributed by atoms with Crippen LogP contribution in [-0.4, -0.2) is 51.3 Å². The van der Waals surface area contributed by atoms with Gasteiger partial charge in [0.2, 0.25) is 0 Å². The minimum Gasteiger partial charge on any atom is -0.376 e. The number of hydrogen-bond acceptors (Lipinski definition) is 3. The smallest absolute Gasteiger partial charge is 0.0712 e. The molecule has 5 heteroatoms. The molecule has 1 rings (SSSR count). The van der Waals surface area contributed by atoms with E-state index in [1.807, 2.05) is 0 Å². The second kappa shape index (κ2) is 9.03. The van der Waals surface area contributed by atoms with Gasteiger partial charge in [0.1, 0.15) is 0 Å². The number of nitrogens with zero attached hydrogens (tertiary/aromatic N) is 1. The molecule has 0 aromatic carbocycles. The Morgan fingerprint density at radius 1 is 1.38 bits per heavy atom. The molecular weight excluding hydrogens is 211 g/mol. The summed E-state index contributed by atoms with van der Waals surface area (Å²) in [6, 6.07) is 0. The van der Waals surface area contributed by atoms with Gasteiger partial charge in [-0.25, -0.2) is 0 Å². The van der Waals surface area contributed by atoms with E-state index in [0.29, 0.717) is 6.10 Å². The van der Waals surface area contributed by atoms with Gasteiger partial charge in [-0.15, -0.1) is 24.8 Å². The Labute approximate surface area is 93.0 Å². The van der Waals surface area contributed by atoms with Crippen LogP contribution in [0.3, 0.4) is 0 Å². The number of likely N-dealkylation sites (N-methyl/N-ethyl adjacent to an activating group) is 1. The van der Waals surface area contributed by atoms with Crippen LogP contribution < -0.4 is 5.32 Å². The fourth-order valence-electron chi connectivity index (χ4n) is 1.17. The number of nitrogens with one attached hydrogen (secondary N) is 1. The van der Waals surface area contributed by atoms with Crippen LogP contribution in [0.5, 0.6) is 0 Å². The molecule has 0 aromatic heterocycles. The van der Waals surface area contributed by atoms with Crippen molar-refractivity contribution in [2.75, 3.05) is 40.3 Å². The van der Waals surface area contributed by atoms with E-state index in [1.54, 1.807) is 0 Å². The van der Waals surface area contributed by atoms with Gasteiger partial charge in [-0.1, -0.05) is 0 Å². The molecule has 13 heavy (non-hydrogen) atoms. The van der Waals surface area contributed by atoms with Crippen molar-refractivity contribution in [1.29, 1.82) is 0 Å². The maximum absolute atomic E-state index is 5.61. The van der Waals surface area contributed by atoms with Gasteiger partial charge in [0, 0.05) is 13.1 Å². The van der Waals surface area contributed by atoms with Crippen molar-refractivity contribution in [3.05, 3.63) is 0 Å². The summed E-state index contributed by atoms with van der Waals surface area (Å²) in [5.41, 5.74) is 0. The van der Waals surface area contributed by atoms with Crippen LogP contribution in [0.4, 0.5) is 0 Å². The van der Waals surface area contributed by atoms with Crippen LogP contribution in [0.25, 0.3) is 0 Å². The van der Waals surface area contributed by atoms with E-state index in [2.05, 4.69) is 24.3 Å². The van der Waals surface area contributed by atoms with Gasteiger partial charge in [0.25, 0.3) is 0 Å². The first kappa shape index (κ1) is 15.9. The molecule has 0 spiro atoms. The first-order valence-electron chi connectivity index (χ1n) is 4.26. The zero-order valence-corrected chi connectivity index (χ0v) is 9.92. The van der Waals surface area contributed by atoms with Crippen molar-refractivity contribution >= 4 is 24.8 Å². The maximum atomic E-state index is 5.61. The van der Waals surface area contributed by atoms with Crippen molar-refractivity contribution in [3.63, 3.8) is 0 Å². The first-order valence-corrected chi connectivity index (χ1v) is 4.26. The number of hydrogen-bond donors (Lipinski definition) is 1. The van der Waals surface area contributed by atoms with Crippen molar-refractivity contribution in [2.24, 2.45) is 0 Å². The second-order valence-electron chi connectivity index (χ2n) is 3.29. The van der Waals surface area contributed by atoms with Gasteiger partial charge in [-0.2, -0.15) is 0 Å². The van der Waals surface area contributed by atoms with E-state index >= 15 is 0 Å². The Kier molecular flexibility index (Phi) is 11.1. The molecule has 1 fully saturated rings. The molecule has 1 aliphatic rings. The van der Waals surface area contributed by atoms with Gasteiger partial charge in [-0.05, 0) is 27.1 Å². The summed E-state index contributed by atoms with van der Waals surface area (Å²) in [6.07, 6.45) is 1.64. The lowest BCUT2D eigenvalue weighted by Crippen LogP contribution is -2.23. The predicted molar refractivity (Wildman–Crippen MR) is 60.3 cm³/mol. The van der Waals surface area contributed by atoms with Gasteiger partial charge < -0.3 is 15.0 Å². The van der Waals surface area contributed by atoms with Gasteiger partial charge in [0.05, 0.1) is 12.7 Å². The average Bonchev–Trinajstić information content (AvgIpc) is 2.39. The number of halogens is 2. The minimum absolute atomic E-state index is 0. The van der Waals surface area contributed by atoms with Crippen molar-refractivity contribution < 1.29 is 4.74 Å². The van der Waals surface area contributed by atoms with Crippen LogP contribution in [0.2, 0.25) is 0 Å². The molecule has 1 N–H and O–H groups in total. The molecule has 1 heterocycles. The zero-order chi connectivity index (χ0) is 8.10. The molecule has 1 saturated heterocycles. The Morgan fingerprint density at radius 3 is 2.54 bits per heavy atom. The highest BCUT2D eigenvalue weighted by Crippen LogP contribution is 2.01. The van der Waals surface area contributed by atoms with Crippen LogP contribution in [0, 0.1) is 0 Å². The van der Waals surface area contributed by atoms with E-state index < -0.39 is 0 Å². The van der Waals surface area contributed by atoms with Crippen molar-refractivity contribution in [1.82, 2.24) is 10.2 Å². The molecule has 0 bridgehead atoms. The van der Waals surface area contributed by atoms with Crippen LogP contribution in [-0.2, 0) is 4.74 Å². The molecule has 0 aromatic rings. The predicted octanol–water partition coefficient (Wildman–Crippen LogP) is 0.770. The Morgan fingerprint density at radius 2 is 2.08 bits per heavy atom. The lowest BCUT2D eigenvalue weighted by atomic mass is 10.3. The Balaban J connectivity index is 0. The highest BCUT2D eigenvalue weighted by Gasteiger charge is 2.13. The lowest BCUT2D eigenvalue weighted by molar-refractivity contribution is 0.0570. The van der Waals surface area contributed by atoms with Crippen LogP contribution in [0.15, 0.2) is 0 Å². The number of rotatable bonds is 4. The summed E-state index contributed by atoms with van der Waals surface area (Å²) in [5.74, 6) is 0. The summed E-state index contributed by atoms with van der Waals surface area (Å²) in [5, 5.41) is 3.27. The third kappa shape index (κ3) is 7.52. The fourth-order valence-corrected chi connectivity index (χ4v) is 1.17. The molecule has 1 unspecified atom stereocenters. The summed E-state index contributed by atoms with van der Waals surface area (Å²) < 4.78 is 5.61. The van der Waals surface area contributed by atoms with Gasteiger partial charge >= 0.3 is 0 Å². The third-order valence-electron chi connectivity index (χ3n) is 1.91. The standard InChI is InChI=1S/C8H18N2O.2ClH/c1-10(2)5-6-11-8-3-4-9-7-8;;/h8-9H,3-7H2,1-2H3;2*1H.